The molecule has 16 heavy (non-hydrogen) atoms. The van der Waals surface area contributed by atoms with Crippen molar-refractivity contribution in [2.24, 2.45) is 0 Å². The zero-order valence-corrected chi connectivity index (χ0v) is 10.8. The minimum atomic E-state index is -0.660. The van der Waals surface area contributed by atoms with Crippen LogP contribution in [0.25, 0.3) is 0 Å². The van der Waals surface area contributed by atoms with Crippen LogP contribution in [0.15, 0.2) is 0 Å². The van der Waals surface area contributed by atoms with Gasteiger partial charge in [-0.25, -0.2) is 4.79 Å². The van der Waals surface area contributed by atoms with Gasteiger partial charge in [-0.05, 0) is 27.2 Å². The van der Waals surface area contributed by atoms with Gasteiger partial charge in [0, 0.05) is 0 Å². The number of ether oxygens (including phenoxy) is 2. The predicted molar refractivity (Wildman–Crippen MR) is 60.3 cm³/mol. The van der Waals surface area contributed by atoms with Crippen molar-refractivity contribution in [1.29, 1.82) is 0 Å². The first kappa shape index (κ1) is 15.0. The Balaban J connectivity index is 3.80. The fourth-order valence-corrected chi connectivity index (χ4v) is 0.826. The zero-order valence-electron chi connectivity index (χ0n) is 10.0. The predicted octanol–water partition coefficient (Wildman–Crippen LogP) is 2.03. The summed E-state index contributed by atoms with van der Waals surface area (Å²) in [6.07, 6.45) is -0.146. The highest BCUT2D eigenvalue weighted by atomic mass is 35.5. The molecule has 0 radical (unpaired) electrons. The van der Waals surface area contributed by atoms with Gasteiger partial charge in [0.1, 0.15) is 12.1 Å². The molecule has 0 saturated carbocycles. The molecule has 0 rings (SSSR count). The monoisotopic (exact) mass is 251 g/mol. The van der Waals surface area contributed by atoms with Crippen molar-refractivity contribution in [2.45, 2.75) is 45.3 Å². The second-order valence-corrected chi connectivity index (χ2v) is 4.65. The Kier molecular flexibility index (Phi) is 6.18. The molecule has 0 aliphatic heterocycles. The highest BCUT2D eigenvalue weighted by molar-refractivity contribution is 6.20. The van der Waals surface area contributed by atoms with Crippen LogP contribution in [0.5, 0.6) is 0 Å². The molecule has 0 bridgehead atoms. The first-order chi connectivity index (χ1) is 7.24. The van der Waals surface area contributed by atoms with Crippen molar-refractivity contribution < 1.29 is 19.1 Å². The van der Waals surface area contributed by atoms with Gasteiger partial charge >= 0.3 is 12.1 Å². The summed E-state index contributed by atoms with van der Waals surface area (Å²) in [5.74, 6) is -0.590. The molecule has 0 spiro atoms. The number of halogens is 1. The Labute approximate surface area is 100 Å². The number of alkyl halides is 1. The summed E-state index contributed by atoms with van der Waals surface area (Å²) in [6, 6.07) is 0. The molecule has 0 aromatic carbocycles. The van der Waals surface area contributed by atoms with Crippen LogP contribution in [0.1, 0.15) is 34.1 Å². The summed E-state index contributed by atoms with van der Waals surface area (Å²) in [5, 5.41) is 2.27. The summed E-state index contributed by atoms with van der Waals surface area (Å²) in [7, 11) is 0. The van der Waals surface area contributed by atoms with Gasteiger partial charge in [-0.1, -0.05) is 18.5 Å². The van der Waals surface area contributed by atoms with Crippen LogP contribution >= 0.6 is 11.6 Å². The molecule has 0 aliphatic carbocycles. The molecule has 94 valence electrons. The normalized spacial score (nSPS) is 12.8. The average molecular weight is 252 g/mol. The third kappa shape index (κ3) is 8.35. The van der Waals surface area contributed by atoms with E-state index in [1.807, 2.05) is 0 Å². The van der Waals surface area contributed by atoms with Crippen LogP contribution in [-0.2, 0) is 14.3 Å². The number of carbonyl (C=O) groups is 2. The minimum absolute atomic E-state index is 0.252. The number of esters is 1. The van der Waals surface area contributed by atoms with Crippen molar-refractivity contribution in [3.05, 3.63) is 0 Å². The minimum Gasteiger partial charge on any atom is -0.445 e. The number of hydrogen-bond acceptors (Lipinski definition) is 4. The summed E-state index contributed by atoms with van der Waals surface area (Å²) < 4.78 is 9.66. The van der Waals surface area contributed by atoms with Crippen LogP contribution in [0.3, 0.4) is 0 Å². The molecule has 0 aromatic heterocycles. The number of hydrogen-bond donors (Lipinski definition) is 1. The van der Waals surface area contributed by atoms with Crippen molar-refractivity contribution in [3.63, 3.8) is 0 Å². The molecular formula is C10H18ClNO4. The van der Waals surface area contributed by atoms with E-state index in [0.29, 0.717) is 6.42 Å². The maximum Gasteiger partial charge on any atom is 0.408 e. The SMILES string of the molecule is CCC(Cl)OC(=O)CNC(=O)OC(C)(C)C. The van der Waals surface area contributed by atoms with Gasteiger partial charge < -0.3 is 14.8 Å². The summed E-state index contributed by atoms with van der Waals surface area (Å²) >= 11 is 5.59. The second kappa shape index (κ2) is 6.58. The van der Waals surface area contributed by atoms with E-state index < -0.39 is 23.2 Å². The van der Waals surface area contributed by atoms with Crippen LogP contribution in [0.2, 0.25) is 0 Å². The van der Waals surface area contributed by atoms with Gasteiger partial charge in [0.25, 0.3) is 0 Å². The molecule has 1 N–H and O–H groups in total. The maximum absolute atomic E-state index is 11.1. The quantitative estimate of drug-likeness (QED) is 0.613. The van der Waals surface area contributed by atoms with Crippen molar-refractivity contribution >= 4 is 23.7 Å². The Hall–Kier alpha value is -0.970. The average Bonchev–Trinajstić information content (AvgIpc) is 2.12. The van der Waals surface area contributed by atoms with Crippen LogP contribution in [0, 0.1) is 0 Å². The first-order valence-corrected chi connectivity index (χ1v) is 5.48. The van der Waals surface area contributed by atoms with Crippen LogP contribution in [-0.4, -0.2) is 29.8 Å². The zero-order chi connectivity index (χ0) is 12.8. The molecular weight excluding hydrogens is 234 g/mol. The lowest BCUT2D eigenvalue weighted by atomic mass is 10.2. The summed E-state index contributed by atoms with van der Waals surface area (Å²) in [5.41, 5.74) is -1.25. The Bertz CT molecular complexity index is 250. The maximum atomic E-state index is 11.1. The van der Waals surface area contributed by atoms with Gasteiger partial charge in [0.15, 0.2) is 5.56 Å². The first-order valence-electron chi connectivity index (χ1n) is 5.05. The molecule has 0 heterocycles. The van der Waals surface area contributed by atoms with E-state index in [4.69, 9.17) is 21.1 Å². The topological polar surface area (TPSA) is 64.6 Å². The largest absolute Gasteiger partial charge is 0.445 e. The summed E-state index contributed by atoms with van der Waals surface area (Å²) in [6.45, 7) is 6.73. The fourth-order valence-electron chi connectivity index (χ4n) is 0.726. The van der Waals surface area contributed by atoms with E-state index >= 15 is 0 Å². The van der Waals surface area contributed by atoms with Crippen molar-refractivity contribution in [3.8, 4) is 0 Å². The molecule has 1 amide bonds. The highest BCUT2D eigenvalue weighted by Gasteiger charge is 2.17. The molecule has 1 unspecified atom stereocenters. The van der Waals surface area contributed by atoms with Gasteiger partial charge in [-0.3, -0.25) is 4.79 Å². The smallest absolute Gasteiger partial charge is 0.408 e. The number of nitrogens with one attached hydrogen (secondary N) is 1. The molecule has 1 atom stereocenters. The van der Waals surface area contributed by atoms with Gasteiger partial charge in [0.2, 0.25) is 0 Å². The third-order valence-electron chi connectivity index (χ3n) is 1.36. The van der Waals surface area contributed by atoms with E-state index in [9.17, 15) is 9.59 Å². The number of rotatable bonds is 4. The Morgan fingerprint density at radius 3 is 2.38 bits per heavy atom. The van der Waals surface area contributed by atoms with Gasteiger partial charge in [-0.15, -0.1) is 0 Å². The third-order valence-corrected chi connectivity index (χ3v) is 1.75. The van der Waals surface area contributed by atoms with E-state index in [1.165, 1.54) is 0 Å². The van der Waals surface area contributed by atoms with E-state index in [0.717, 1.165) is 0 Å². The van der Waals surface area contributed by atoms with Crippen LogP contribution < -0.4 is 5.32 Å². The number of amides is 1. The molecule has 5 nitrogen and oxygen atoms in total. The van der Waals surface area contributed by atoms with E-state index in [1.54, 1.807) is 27.7 Å². The number of alkyl carbamates (subject to hydrolysis) is 1. The standard InChI is InChI=1S/C10H18ClNO4/c1-5-7(11)15-8(13)6-12-9(14)16-10(2,3)4/h7H,5-6H2,1-4H3,(H,12,14). The van der Waals surface area contributed by atoms with E-state index in [2.05, 4.69) is 5.32 Å². The molecule has 0 aromatic rings. The number of carbonyl (C=O) groups excluding carboxylic acids is 2. The van der Waals surface area contributed by atoms with Gasteiger partial charge in [-0.2, -0.15) is 0 Å². The van der Waals surface area contributed by atoms with Crippen molar-refractivity contribution in [2.75, 3.05) is 6.54 Å². The molecule has 0 fully saturated rings. The Morgan fingerprint density at radius 1 is 1.38 bits per heavy atom. The molecule has 6 heteroatoms. The molecule has 0 aliphatic rings. The Morgan fingerprint density at radius 2 is 1.94 bits per heavy atom. The van der Waals surface area contributed by atoms with Crippen LogP contribution in [0.4, 0.5) is 4.79 Å². The lowest BCUT2D eigenvalue weighted by molar-refractivity contribution is -0.144. The van der Waals surface area contributed by atoms with Gasteiger partial charge in [0.05, 0.1) is 0 Å². The molecule has 0 saturated heterocycles. The lowest BCUT2D eigenvalue weighted by Crippen LogP contribution is -2.36. The summed E-state index contributed by atoms with van der Waals surface area (Å²) in [4.78, 5) is 22.2. The second-order valence-electron chi connectivity index (χ2n) is 4.16. The van der Waals surface area contributed by atoms with E-state index in [-0.39, 0.29) is 6.54 Å². The fraction of sp³-hybridized carbons (Fsp3) is 0.800. The lowest BCUT2D eigenvalue weighted by Gasteiger charge is -2.19. The van der Waals surface area contributed by atoms with Crippen molar-refractivity contribution in [1.82, 2.24) is 5.32 Å². The highest BCUT2D eigenvalue weighted by Crippen LogP contribution is 2.06.